The van der Waals surface area contributed by atoms with Gasteiger partial charge in [-0.05, 0) is 19.1 Å². The van der Waals surface area contributed by atoms with E-state index in [1.165, 1.54) is 18.3 Å². The number of hydrogen-bond donors (Lipinski definition) is 2. The molecule has 1 aromatic rings. The van der Waals surface area contributed by atoms with Crippen LogP contribution in [0.2, 0.25) is 0 Å². The molecule has 74 valence electrons. The van der Waals surface area contributed by atoms with Gasteiger partial charge >= 0.3 is 13.1 Å². The van der Waals surface area contributed by atoms with Crippen molar-refractivity contribution >= 4 is 18.7 Å². The predicted molar refractivity (Wildman–Crippen MR) is 50.0 cm³/mol. The van der Waals surface area contributed by atoms with E-state index in [4.69, 9.17) is 14.8 Å². The van der Waals surface area contributed by atoms with E-state index in [0.29, 0.717) is 0 Å². The van der Waals surface area contributed by atoms with Crippen molar-refractivity contribution in [3.63, 3.8) is 0 Å². The number of rotatable bonds is 3. The number of ether oxygens (including phenoxy) is 1. The van der Waals surface area contributed by atoms with Crippen LogP contribution >= 0.6 is 0 Å². The van der Waals surface area contributed by atoms with Gasteiger partial charge in [-0.25, -0.2) is 4.79 Å². The van der Waals surface area contributed by atoms with E-state index < -0.39 is 13.1 Å². The number of pyridine rings is 1. The van der Waals surface area contributed by atoms with Crippen LogP contribution in [-0.4, -0.2) is 34.7 Å². The summed E-state index contributed by atoms with van der Waals surface area (Å²) in [5.41, 5.74) is -0.0182. The van der Waals surface area contributed by atoms with E-state index in [1.54, 1.807) is 6.92 Å². The van der Waals surface area contributed by atoms with Gasteiger partial charge in [0.1, 0.15) is 0 Å². The fraction of sp³-hybridized carbons (Fsp3) is 0.250. The molecule has 0 aromatic carbocycles. The summed E-state index contributed by atoms with van der Waals surface area (Å²) in [4.78, 5) is 15.0. The molecule has 0 aliphatic heterocycles. The van der Waals surface area contributed by atoms with E-state index in [0.717, 1.165) is 0 Å². The van der Waals surface area contributed by atoms with Gasteiger partial charge in [0.2, 0.25) is 0 Å². The molecule has 2 N–H and O–H groups in total. The van der Waals surface area contributed by atoms with Crippen molar-refractivity contribution in [3.05, 3.63) is 23.9 Å². The quantitative estimate of drug-likeness (QED) is 0.474. The summed E-state index contributed by atoms with van der Waals surface area (Å²) in [6, 6.07) is 2.96. The second-order valence-electron chi connectivity index (χ2n) is 2.53. The number of esters is 1. The van der Waals surface area contributed by atoms with E-state index in [1.807, 2.05) is 0 Å². The molecule has 1 aromatic heterocycles. The monoisotopic (exact) mass is 195 g/mol. The molecule has 0 saturated carbocycles. The number of aromatic nitrogens is 1. The zero-order valence-electron chi connectivity index (χ0n) is 7.67. The average Bonchev–Trinajstić information content (AvgIpc) is 2.18. The molecule has 1 heterocycles. The molecule has 5 nitrogen and oxygen atoms in total. The van der Waals surface area contributed by atoms with E-state index in [-0.39, 0.29) is 17.8 Å². The average molecular weight is 195 g/mol. The van der Waals surface area contributed by atoms with Gasteiger partial charge in [0.25, 0.3) is 0 Å². The second kappa shape index (κ2) is 4.73. The zero-order chi connectivity index (χ0) is 10.6. The molecule has 0 radical (unpaired) electrons. The fourth-order valence-corrected chi connectivity index (χ4v) is 1.00. The topological polar surface area (TPSA) is 79.7 Å². The van der Waals surface area contributed by atoms with Crippen molar-refractivity contribution in [2.24, 2.45) is 0 Å². The normalized spacial score (nSPS) is 9.64. The van der Waals surface area contributed by atoms with Gasteiger partial charge in [0.15, 0.2) is 0 Å². The highest BCUT2D eigenvalue weighted by Crippen LogP contribution is 1.97. The first-order valence-electron chi connectivity index (χ1n) is 4.15. The van der Waals surface area contributed by atoms with Gasteiger partial charge in [0.05, 0.1) is 17.8 Å². The number of hydrogen-bond acceptors (Lipinski definition) is 5. The molecule has 0 amide bonds. The maximum Gasteiger partial charge on any atom is 0.509 e. The Labute approximate surface area is 81.5 Å². The molecule has 1 rings (SSSR count). The maximum atomic E-state index is 11.3. The minimum Gasteiger partial charge on any atom is -0.462 e. The van der Waals surface area contributed by atoms with Crippen molar-refractivity contribution in [3.8, 4) is 0 Å². The summed E-state index contributed by atoms with van der Waals surface area (Å²) < 4.78 is 4.72. The van der Waals surface area contributed by atoms with Gasteiger partial charge in [-0.3, -0.25) is 4.98 Å². The SMILES string of the molecule is CCOC(=O)c1cccnc1B(O)O. The lowest BCUT2D eigenvalue weighted by atomic mass is 9.82. The molecule has 0 saturated heterocycles. The van der Waals surface area contributed by atoms with Crippen LogP contribution in [0.4, 0.5) is 0 Å². The van der Waals surface area contributed by atoms with Gasteiger partial charge < -0.3 is 14.8 Å². The second-order valence-corrected chi connectivity index (χ2v) is 2.53. The van der Waals surface area contributed by atoms with Crippen LogP contribution in [-0.2, 0) is 4.74 Å². The third-order valence-electron chi connectivity index (χ3n) is 1.58. The van der Waals surface area contributed by atoms with Gasteiger partial charge in [0, 0.05) is 6.20 Å². The Hall–Kier alpha value is -1.40. The van der Waals surface area contributed by atoms with Crippen LogP contribution in [0.1, 0.15) is 17.3 Å². The predicted octanol–water partition coefficient (Wildman–Crippen LogP) is -1.06. The van der Waals surface area contributed by atoms with Crippen LogP contribution in [0.25, 0.3) is 0 Å². The van der Waals surface area contributed by atoms with Crippen LogP contribution in [0.5, 0.6) is 0 Å². The van der Waals surface area contributed by atoms with Crippen LogP contribution in [0, 0.1) is 0 Å². The van der Waals surface area contributed by atoms with Crippen molar-refractivity contribution < 1.29 is 19.6 Å². The van der Waals surface area contributed by atoms with E-state index in [9.17, 15) is 4.79 Å². The highest BCUT2D eigenvalue weighted by molar-refractivity contribution is 6.59. The summed E-state index contributed by atoms with van der Waals surface area (Å²) >= 11 is 0. The molecular weight excluding hydrogens is 185 g/mol. The van der Waals surface area contributed by atoms with Crippen molar-refractivity contribution in [1.82, 2.24) is 4.98 Å². The first-order valence-corrected chi connectivity index (χ1v) is 4.15. The Morgan fingerprint density at radius 3 is 2.93 bits per heavy atom. The zero-order valence-corrected chi connectivity index (χ0v) is 7.67. The summed E-state index contributed by atoms with van der Waals surface area (Å²) in [6.07, 6.45) is 1.37. The van der Waals surface area contributed by atoms with E-state index in [2.05, 4.69) is 4.98 Å². The van der Waals surface area contributed by atoms with Gasteiger partial charge in [-0.2, -0.15) is 0 Å². The molecule has 0 spiro atoms. The highest BCUT2D eigenvalue weighted by atomic mass is 16.5. The molecule has 0 aliphatic carbocycles. The number of carbonyl (C=O) groups excluding carboxylic acids is 1. The van der Waals surface area contributed by atoms with E-state index >= 15 is 0 Å². The Bertz CT molecular complexity index is 329. The molecule has 0 bridgehead atoms. The van der Waals surface area contributed by atoms with Crippen LogP contribution < -0.4 is 5.59 Å². The highest BCUT2D eigenvalue weighted by Gasteiger charge is 2.22. The summed E-state index contributed by atoms with van der Waals surface area (Å²) in [5.74, 6) is -0.608. The first-order chi connectivity index (χ1) is 6.66. The minimum absolute atomic E-state index is 0.0735. The maximum absolute atomic E-state index is 11.3. The third-order valence-corrected chi connectivity index (χ3v) is 1.58. The molecule has 14 heavy (non-hydrogen) atoms. The lowest BCUT2D eigenvalue weighted by Gasteiger charge is -2.05. The van der Waals surface area contributed by atoms with Gasteiger partial charge in [-0.1, -0.05) is 0 Å². The fourth-order valence-electron chi connectivity index (χ4n) is 1.00. The largest absolute Gasteiger partial charge is 0.509 e. The Kier molecular flexibility index (Phi) is 3.61. The number of carbonyl (C=O) groups is 1. The molecule has 0 atom stereocenters. The summed E-state index contributed by atoms with van der Waals surface area (Å²) in [5, 5.41) is 17.8. The lowest BCUT2D eigenvalue weighted by Crippen LogP contribution is -2.37. The first kappa shape index (κ1) is 10.7. The molecule has 0 aliphatic rings. The summed E-state index contributed by atoms with van der Waals surface area (Å²) in [6.45, 7) is 1.90. The van der Waals surface area contributed by atoms with Crippen molar-refractivity contribution in [2.75, 3.05) is 6.61 Å². The lowest BCUT2D eigenvalue weighted by molar-refractivity contribution is 0.0527. The Morgan fingerprint density at radius 1 is 1.64 bits per heavy atom. The van der Waals surface area contributed by atoms with Crippen LogP contribution in [0.15, 0.2) is 18.3 Å². The molecular formula is C8H10BNO4. The Morgan fingerprint density at radius 2 is 2.36 bits per heavy atom. The van der Waals surface area contributed by atoms with Crippen LogP contribution in [0.3, 0.4) is 0 Å². The molecule has 6 heteroatoms. The standard InChI is InChI=1S/C8H10BNO4/c1-2-14-8(11)6-4-3-5-10-7(6)9(12)13/h3-5,12-13H,2H2,1H3. The molecule has 0 fully saturated rings. The molecule has 0 unspecified atom stereocenters. The number of nitrogens with zero attached hydrogens (tertiary/aromatic N) is 1. The van der Waals surface area contributed by atoms with Crippen molar-refractivity contribution in [2.45, 2.75) is 6.92 Å². The third kappa shape index (κ3) is 2.30. The van der Waals surface area contributed by atoms with Gasteiger partial charge in [-0.15, -0.1) is 0 Å². The smallest absolute Gasteiger partial charge is 0.462 e. The minimum atomic E-state index is -1.77. The summed E-state index contributed by atoms with van der Waals surface area (Å²) in [7, 11) is -1.77. The van der Waals surface area contributed by atoms with Crippen molar-refractivity contribution in [1.29, 1.82) is 0 Å². The Balaban J connectivity index is 3.00.